The molecule has 0 aromatic heterocycles. The van der Waals surface area contributed by atoms with Gasteiger partial charge in [-0.05, 0) is 12.5 Å². The first-order valence-electron chi connectivity index (χ1n) is 6.32. The van der Waals surface area contributed by atoms with Gasteiger partial charge in [0.1, 0.15) is 6.04 Å². The summed E-state index contributed by atoms with van der Waals surface area (Å²) < 4.78 is 0. The Bertz CT molecular complexity index is 494. The first-order chi connectivity index (χ1) is 9.06. The van der Waals surface area contributed by atoms with Crippen LogP contribution in [-0.4, -0.2) is 35.8 Å². The predicted octanol–water partition coefficient (Wildman–Crippen LogP) is 1.13. The van der Waals surface area contributed by atoms with E-state index < -0.39 is 6.04 Å². The fourth-order valence-corrected chi connectivity index (χ4v) is 2.22. The van der Waals surface area contributed by atoms with E-state index in [-0.39, 0.29) is 18.4 Å². The van der Waals surface area contributed by atoms with E-state index in [0.717, 1.165) is 11.1 Å². The molecule has 0 aliphatic carbocycles. The first-order valence-corrected chi connectivity index (χ1v) is 6.32. The van der Waals surface area contributed by atoms with Crippen LogP contribution in [0.3, 0.4) is 0 Å². The second-order valence-corrected chi connectivity index (χ2v) is 4.96. The number of amides is 2. The quantitative estimate of drug-likeness (QED) is 0.823. The molecule has 2 rings (SSSR count). The number of nitrogens with one attached hydrogen (secondary N) is 1. The van der Waals surface area contributed by atoms with Crippen molar-refractivity contribution in [1.29, 1.82) is 0 Å². The molecule has 0 saturated carbocycles. The maximum atomic E-state index is 12.3. The van der Waals surface area contributed by atoms with Gasteiger partial charge in [0.05, 0.1) is 6.54 Å². The lowest BCUT2D eigenvalue weighted by Crippen LogP contribution is -2.58. The van der Waals surface area contributed by atoms with E-state index in [4.69, 9.17) is 0 Å². The van der Waals surface area contributed by atoms with Gasteiger partial charge in [0.25, 0.3) is 0 Å². The van der Waals surface area contributed by atoms with Gasteiger partial charge in [0.2, 0.25) is 11.8 Å². The van der Waals surface area contributed by atoms with Crippen molar-refractivity contribution in [3.05, 3.63) is 48.0 Å². The smallest absolute Gasteiger partial charge is 0.246 e. The number of hydrogen-bond donors (Lipinski definition) is 1. The van der Waals surface area contributed by atoms with Crippen LogP contribution in [0.5, 0.6) is 0 Å². The van der Waals surface area contributed by atoms with Gasteiger partial charge in [0.15, 0.2) is 0 Å². The number of carbonyl (C=O) groups is 2. The minimum Gasteiger partial charge on any atom is -0.342 e. The molecule has 4 heteroatoms. The van der Waals surface area contributed by atoms with Crippen molar-refractivity contribution in [2.75, 3.05) is 13.1 Å². The largest absolute Gasteiger partial charge is 0.342 e. The highest BCUT2D eigenvalue weighted by Crippen LogP contribution is 2.10. The van der Waals surface area contributed by atoms with Gasteiger partial charge >= 0.3 is 0 Å². The third-order valence-electron chi connectivity index (χ3n) is 3.02. The van der Waals surface area contributed by atoms with Gasteiger partial charge in [-0.2, -0.15) is 0 Å². The number of nitrogens with zero attached hydrogens (tertiary/aromatic N) is 1. The van der Waals surface area contributed by atoms with Crippen LogP contribution in [0.25, 0.3) is 0 Å². The highest BCUT2D eigenvalue weighted by Gasteiger charge is 2.32. The molecule has 1 aromatic carbocycles. The van der Waals surface area contributed by atoms with Crippen LogP contribution in [0.15, 0.2) is 42.5 Å². The molecule has 0 bridgehead atoms. The van der Waals surface area contributed by atoms with Gasteiger partial charge in [-0.3, -0.25) is 9.59 Å². The van der Waals surface area contributed by atoms with Crippen molar-refractivity contribution < 1.29 is 9.59 Å². The lowest BCUT2D eigenvalue weighted by Gasteiger charge is -2.32. The lowest BCUT2D eigenvalue weighted by atomic mass is 10.0. The summed E-state index contributed by atoms with van der Waals surface area (Å²) in [5.41, 5.74) is 1.92. The monoisotopic (exact) mass is 258 g/mol. The minimum absolute atomic E-state index is 0.0357. The zero-order valence-electron chi connectivity index (χ0n) is 11.1. The third kappa shape index (κ3) is 3.44. The average molecular weight is 258 g/mol. The molecule has 19 heavy (non-hydrogen) atoms. The molecule has 1 atom stereocenters. The normalized spacial score (nSPS) is 19.2. The van der Waals surface area contributed by atoms with E-state index in [9.17, 15) is 9.59 Å². The summed E-state index contributed by atoms with van der Waals surface area (Å²) in [4.78, 5) is 25.5. The maximum Gasteiger partial charge on any atom is 0.246 e. The molecule has 1 heterocycles. The summed E-state index contributed by atoms with van der Waals surface area (Å²) in [5, 5.41) is 2.76. The van der Waals surface area contributed by atoms with E-state index in [1.54, 1.807) is 4.90 Å². The zero-order valence-corrected chi connectivity index (χ0v) is 11.1. The Morgan fingerprint density at radius 2 is 2.05 bits per heavy atom. The third-order valence-corrected chi connectivity index (χ3v) is 3.02. The highest BCUT2D eigenvalue weighted by molar-refractivity contribution is 5.95. The van der Waals surface area contributed by atoms with Gasteiger partial charge in [0, 0.05) is 13.0 Å². The average Bonchev–Trinajstić information content (AvgIpc) is 2.35. The molecular formula is C15H18N2O2. The van der Waals surface area contributed by atoms with Crippen LogP contribution < -0.4 is 5.32 Å². The molecule has 1 aliphatic heterocycles. The van der Waals surface area contributed by atoms with E-state index in [1.165, 1.54) is 0 Å². The molecule has 1 N–H and O–H groups in total. The summed E-state index contributed by atoms with van der Waals surface area (Å²) in [6.07, 6.45) is 0.526. The van der Waals surface area contributed by atoms with Crippen molar-refractivity contribution >= 4 is 11.8 Å². The summed E-state index contributed by atoms with van der Waals surface area (Å²) >= 11 is 0. The van der Waals surface area contributed by atoms with E-state index in [2.05, 4.69) is 11.9 Å². The molecule has 2 amide bonds. The standard InChI is InChI=1S/C15H18N2O2/c1-11(2)9-17-10-14(18)16-13(15(17)19)8-12-6-4-3-5-7-12/h3-7,13H,1,8-10H2,2H3,(H,16,18). The molecule has 1 fully saturated rings. The Hall–Kier alpha value is -2.10. The second-order valence-electron chi connectivity index (χ2n) is 4.96. The van der Waals surface area contributed by atoms with Gasteiger partial charge in [-0.25, -0.2) is 0 Å². The Labute approximate surface area is 113 Å². The van der Waals surface area contributed by atoms with Crippen LogP contribution in [-0.2, 0) is 16.0 Å². The van der Waals surface area contributed by atoms with Crippen LogP contribution in [0.1, 0.15) is 12.5 Å². The molecule has 4 nitrogen and oxygen atoms in total. The van der Waals surface area contributed by atoms with Crippen LogP contribution in [0, 0.1) is 0 Å². The fraction of sp³-hybridized carbons (Fsp3) is 0.333. The highest BCUT2D eigenvalue weighted by atomic mass is 16.2. The van der Waals surface area contributed by atoms with Crippen molar-refractivity contribution in [2.24, 2.45) is 0 Å². The van der Waals surface area contributed by atoms with Gasteiger partial charge in [-0.1, -0.05) is 42.5 Å². The van der Waals surface area contributed by atoms with Gasteiger partial charge < -0.3 is 10.2 Å². The Balaban J connectivity index is 2.09. The summed E-state index contributed by atoms with van der Waals surface area (Å²) in [7, 11) is 0. The number of benzene rings is 1. The number of carbonyl (C=O) groups excluding carboxylic acids is 2. The van der Waals surface area contributed by atoms with E-state index in [0.29, 0.717) is 13.0 Å². The molecule has 1 unspecified atom stereocenters. The molecule has 1 aliphatic rings. The Morgan fingerprint density at radius 3 is 2.68 bits per heavy atom. The van der Waals surface area contributed by atoms with Crippen LogP contribution >= 0.6 is 0 Å². The molecule has 1 saturated heterocycles. The number of piperazine rings is 1. The van der Waals surface area contributed by atoms with Crippen molar-refractivity contribution in [3.8, 4) is 0 Å². The summed E-state index contributed by atoms with van der Waals surface area (Å²) in [6.45, 7) is 6.21. The fourth-order valence-electron chi connectivity index (χ4n) is 2.22. The predicted molar refractivity (Wildman–Crippen MR) is 73.5 cm³/mol. The van der Waals surface area contributed by atoms with Crippen LogP contribution in [0.2, 0.25) is 0 Å². The Morgan fingerprint density at radius 1 is 1.37 bits per heavy atom. The van der Waals surface area contributed by atoms with Gasteiger partial charge in [-0.15, -0.1) is 0 Å². The minimum atomic E-state index is -0.469. The number of hydrogen-bond acceptors (Lipinski definition) is 2. The first kappa shape index (κ1) is 13.3. The van der Waals surface area contributed by atoms with Crippen molar-refractivity contribution in [1.82, 2.24) is 10.2 Å². The van der Waals surface area contributed by atoms with Crippen molar-refractivity contribution in [2.45, 2.75) is 19.4 Å². The lowest BCUT2D eigenvalue weighted by molar-refractivity contribution is -0.143. The molecule has 0 spiro atoms. The topological polar surface area (TPSA) is 49.4 Å². The second kappa shape index (κ2) is 5.69. The van der Waals surface area contributed by atoms with Crippen molar-refractivity contribution in [3.63, 3.8) is 0 Å². The SMILES string of the molecule is C=C(C)CN1CC(=O)NC(Cc2ccccc2)C1=O. The number of rotatable bonds is 4. The zero-order chi connectivity index (χ0) is 13.8. The summed E-state index contributed by atoms with van der Waals surface area (Å²) in [5.74, 6) is -0.145. The Kier molecular flexibility index (Phi) is 4.00. The maximum absolute atomic E-state index is 12.3. The van der Waals surface area contributed by atoms with E-state index in [1.807, 2.05) is 37.3 Å². The molecule has 100 valence electrons. The molecule has 1 aromatic rings. The van der Waals surface area contributed by atoms with Crippen LogP contribution in [0.4, 0.5) is 0 Å². The molecule has 0 radical (unpaired) electrons. The van der Waals surface area contributed by atoms with E-state index >= 15 is 0 Å². The molecular weight excluding hydrogens is 240 g/mol. The summed E-state index contributed by atoms with van der Waals surface area (Å²) in [6, 6.07) is 9.22.